The summed E-state index contributed by atoms with van der Waals surface area (Å²) < 4.78 is 40.5. The molecule has 0 saturated carbocycles. The Labute approximate surface area is 294 Å². The summed E-state index contributed by atoms with van der Waals surface area (Å²) in [5.41, 5.74) is 5.69. The number of fused-ring (bicyclic) bond motifs is 3. The topological polar surface area (TPSA) is 44.9 Å². The van der Waals surface area contributed by atoms with Crippen LogP contribution in [0.3, 0.4) is 0 Å². The zero-order chi connectivity index (χ0) is 33.0. The number of aromatic nitrogens is 4. The van der Waals surface area contributed by atoms with E-state index in [0.29, 0.717) is 41.3 Å². The molecule has 0 N–H and O–H groups in total. The van der Waals surface area contributed by atoms with Crippen LogP contribution in [0, 0.1) is 19.1 Å². The van der Waals surface area contributed by atoms with Crippen molar-refractivity contribution in [3.05, 3.63) is 119 Å². The van der Waals surface area contributed by atoms with Crippen LogP contribution in [0.2, 0.25) is 0 Å². The zero-order valence-electron chi connectivity index (χ0n) is 27.9. The zero-order valence-corrected chi connectivity index (χ0v) is 30.2. The number of benzene rings is 3. The maximum absolute atomic E-state index is 15.2. The van der Waals surface area contributed by atoms with Crippen molar-refractivity contribution in [3.63, 3.8) is 0 Å². The minimum Gasteiger partial charge on any atom is -0.509 e. The van der Waals surface area contributed by atoms with Crippen LogP contribution >= 0.6 is 0 Å². The Bertz CT molecular complexity index is 2160. The SMILES string of the molecule is Cc1nn(-c2[c-]c(Oc3[c-]c4c(cc3)c3ccccc3n4-c3cc(C(C)(C)C)ccn3)ccc2)c(C(C)C)c1C1C(F)=CCC[C@@H]1F.[Pt+2]. The molecule has 1 aliphatic rings. The molecule has 3 heterocycles. The summed E-state index contributed by atoms with van der Waals surface area (Å²) in [7, 11) is 0. The van der Waals surface area contributed by atoms with Crippen molar-refractivity contribution in [2.75, 3.05) is 0 Å². The molecule has 5 nitrogen and oxygen atoms in total. The van der Waals surface area contributed by atoms with Gasteiger partial charge in [-0.1, -0.05) is 64.4 Å². The summed E-state index contributed by atoms with van der Waals surface area (Å²) >= 11 is 0. The van der Waals surface area contributed by atoms with Gasteiger partial charge in [-0.3, -0.25) is 4.68 Å². The summed E-state index contributed by atoms with van der Waals surface area (Å²) in [5, 5.41) is 6.93. The molecular weight excluding hydrogens is 786 g/mol. The normalized spacial score (nSPS) is 16.7. The van der Waals surface area contributed by atoms with Crippen LogP contribution in [0.15, 0.2) is 84.8 Å². The van der Waals surface area contributed by atoms with Crippen LogP contribution in [0.1, 0.15) is 81.8 Å². The van der Waals surface area contributed by atoms with Gasteiger partial charge in [0.15, 0.2) is 0 Å². The van der Waals surface area contributed by atoms with Crippen molar-refractivity contribution < 1.29 is 34.6 Å². The predicted molar refractivity (Wildman–Crippen MR) is 183 cm³/mol. The average Bonchev–Trinajstić information content (AvgIpc) is 3.55. The number of hydrogen-bond acceptors (Lipinski definition) is 3. The molecule has 6 aromatic rings. The standard InChI is InChI=1S/C40H38F2N4O.Pt/c1-24(2)39-37(38-32(41)14-10-15-33(38)42)25(3)44-46(39)27-11-9-12-28(22-27)47-29-17-18-31-30-13-7-8-16-34(30)45(35(31)23-29)36-21-26(19-20-43-36)40(4,5)6;/h7-9,11-14,16-21,24,33,38H,10,15H2,1-6H3;/q-2;+2/t33-,38?;/m0./s1. The van der Waals surface area contributed by atoms with E-state index in [9.17, 15) is 0 Å². The third kappa shape index (κ3) is 6.02. The van der Waals surface area contributed by atoms with Crippen LogP contribution in [-0.4, -0.2) is 25.5 Å². The van der Waals surface area contributed by atoms with Crippen molar-refractivity contribution in [1.29, 1.82) is 0 Å². The first-order valence-corrected chi connectivity index (χ1v) is 16.2. The molecule has 48 heavy (non-hydrogen) atoms. The van der Waals surface area contributed by atoms with E-state index in [1.807, 2.05) is 63.4 Å². The Morgan fingerprint density at radius 2 is 1.73 bits per heavy atom. The second-order valence-corrected chi connectivity index (χ2v) is 13.7. The number of allylic oxidation sites excluding steroid dienone is 2. The van der Waals surface area contributed by atoms with Gasteiger partial charge in [0.2, 0.25) is 0 Å². The number of pyridine rings is 1. The summed E-state index contributed by atoms with van der Waals surface area (Å²) in [6.45, 7) is 12.4. The van der Waals surface area contributed by atoms with Gasteiger partial charge < -0.3 is 9.30 Å². The number of aryl methyl sites for hydroxylation is 1. The first kappa shape index (κ1) is 33.8. The third-order valence-corrected chi connectivity index (χ3v) is 9.04. The van der Waals surface area contributed by atoms with Crippen LogP contribution in [0.25, 0.3) is 33.3 Å². The van der Waals surface area contributed by atoms with E-state index in [1.165, 1.54) is 11.6 Å². The molecule has 248 valence electrons. The third-order valence-electron chi connectivity index (χ3n) is 9.04. The Balaban J connectivity index is 0.00000401. The van der Waals surface area contributed by atoms with Gasteiger partial charge in [0.25, 0.3) is 0 Å². The molecule has 0 fully saturated rings. The van der Waals surface area contributed by atoms with Crippen molar-refractivity contribution >= 4 is 21.8 Å². The van der Waals surface area contributed by atoms with Gasteiger partial charge in [-0.05, 0) is 65.9 Å². The average molecular weight is 824 g/mol. The molecular formula is C40H38F2N4OPt. The monoisotopic (exact) mass is 823 g/mol. The van der Waals surface area contributed by atoms with Crippen LogP contribution < -0.4 is 4.74 Å². The number of halogens is 2. The van der Waals surface area contributed by atoms with Crippen LogP contribution in [0.4, 0.5) is 8.78 Å². The van der Waals surface area contributed by atoms with E-state index in [4.69, 9.17) is 14.8 Å². The fraction of sp³-hybridized carbons (Fsp3) is 0.300. The summed E-state index contributed by atoms with van der Waals surface area (Å²) in [5.74, 6) is 0.424. The molecule has 2 atom stereocenters. The van der Waals surface area contributed by atoms with E-state index >= 15 is 8.78 Å². The second-order valence-electron chi connectivity index (χ2n) is 13.7. The molecule has 0 spiro atoms. The molecule has 3 aromatic heterocycles. The van der Waals surface area contributed by atoms with Crippen molar-refractivity contribution in [1.82, 2.24) is 19.3 Å². The molecule has 0 amide bonds. The van der Waals surface area contributed by atoms with E-state index in [1.54, 1.807) is 4.68 Å². The maximum Gasteiger partial charge on any atom is 2.00 e. The second kappa shape index (κ2) is 13.1. The number of nitrogens with zero attached hydrogens (tertiary/aromatic N) is 4. The number of hydrogen-bond donors (Lipinski definition) is 0. The summed E-state index contributed by atoms with van der Waals surface area (Å²) in [4.78, 5) is 4.76. The minimum absolute atomic E-state index is 0. The van der Waals surface area contributed by atoms with E-state index < -0.39 is 17.9 Å². The van der Waals surface area contributed by atoms with Gasteiger partial charge in [0.05, 0.1) is 11.6 Å². The number of ether oxygens (including phenoxy) is 1. The van der Waals surface area contributed by atoms with E-state index in [0.717, 1.165) is 33.3 Å². The molecule has 0 saturated heterocycles. The molecule has 3 aromatic carbocycles. The largest absolute Gasteiger partial charge is 2.00 e. The van der Waals surface area contributed by atoms with Gasteiger partial charge >= 0.3 is 21.1 Å². The number of alkyl halides is 1. The van der Waals surface area contributed by atoms with Gasteiger partial charge in [-0.15, -0.1) is 35.7 Å². The number of para-hydroxylation sites is 1. The molecule has 0 radical (unpaired) electrons. The number of rotatable bonds is 6. The first-order chi connectivity index (χ1) is 22.5. The van der Waals surface area contributed by atoms with E-state index in [2.05, 4.69) is 67.8 Å². The minimum atomic E-state index is -1.29. The fourth-order valence-electron chi connectivity index (χ4n) is 6.76. The quantitative estimate of drug-likeness (QED) is 0.157. The maximum atomic E-state index is 15.2. The molecule has 1 aliphatic carbocycles. The van der Waals surface area contributed by atoms with Gasteiger partial charge in [-0.2, -0.15) is 17.2 Å². The van der Waals surface area contributed by atoms with Crippen molar-refractivity contribution in [2.45, 2.75) is 77.8 Å². The van der Waals surface area contributed by atoms with Gasteiger partial charge in [0.1, 0.15) is 17.8 Å². The van der Waals surface area contributed by atoms with Crippen LogP contribution in [0.5, 0.6) is 11.5 Å². The Morgan fingerprint density at radius 3 is 2.48 bits per heavy atom. The van der Waals surface area contributed by atoms with Gasteiger partial charge in [-0.25, -0.2) is 13.8 Å². The van der Waals surface area contributed by atoms with E-state index in [-0.39, 0.29) is 32.4 Å². The summed E-state index contributed by atoms with van der Waals surface area (Å²) in [6.07, 6.45) is 2.78. The Morgan fingerprint density at radius 1 is 0.958 bits per heavy atom. The smallest absolute Gasteiger partial charge is 0.509 e. The first-order valence-electron chi connectivity index (χ1n) is 16.2. The van der Waals surface area contributed by atoms with Crippen LogP contribution in [-0.2, 0) is 26.5 Å². The molecule has 0 aliphatic heterocycles. The molecule has 0 bridgehead atoms. The predicted octanol–water partition coefficient (Wildman–Crippen LogP) is 10.6. The molecule has 7 rings (SSSR count). The fourth-order valence-corrected chi connectivity index (χ4v) is 6.76. The van der Waals surface area contributed by atoms with Crippen molar-refractivity contribution in [2.24, 2.45) is 0 Å². The summed E-state index contributed by atoms with van der Waals surface area (Å²) in [6, 6.07) is 28.9. The Kier molecular flexibility index (Phi) is 9.21. The molecule has 8 heteroatoms. The Hall–Kier alpha value is -4.09. The van der Waals surface area contributed by atoms with Gasteiger partial charge in [0, 0.05) is 34.5 Å². The molecule has 1 unspecified atom stereocenters. The van der Waals surface area contributed by atoms with Crippen molar-refractivity contribution in [3.8, 4) is 23.0 Å².